The van der Waals surface area contributed by atoms with Gasteiger partial charge < -0.3 is 14.5 Å². The first-order chi connectivity index (χ1) is 8.34. The molecular formula is C13H19NO3. The van der Waals surface area contributed by atoms with Crippen LogP contribution in [0.2, 0.25) is 0 Å². The number of hydrogen-bond acceptors (Lipinski definition) is 4. The fraction of sp³-hybridized carbons (Fsp3) is 0.615. The van der Waals surface area contributed by atoms with E-state index in [1.165, 1.54) is 0 Å². The third-order valence-corrected chi connectivity index (χ3v) is 3.00. The average molecular weight is 237 g/mol. The van der Waals surface area contributed by atoms with Crippen molar-refractivity contribution in [3.63, 3.8) is 0 Å². The summed E-state index contributed by atoms with van der Waals surface area (Å²) in [6.07, 6.45) is 6.59. The Kier molecular flexibility index (Phi) is 4.76. The van der Waals surface area contributed by atoms with E-state index in [-0.39, 0.29) is 5.78 Å². The van der Waals surface area contributed by atoms with Crippen molar-refractivity contribution >= 4 is 5.78 Å². The minimum Gasteiger partial charge on any atom is -0.472 e. The van der Waals surface area contributed by atoms with Crippen molar-refractivity contribution in [2.45, 2.75) is 31.8 Å². The molecule has 1 aromatic heterocycles. The Morgan fingerprint density at radius 2 is 2.29 bits per heavy atom. The molecule has 0 spiro atoms. The van der Waals surface area contributed by atoms with E-state index >= 15 is 0 Å². The predicted octanol–water partition coefficient (Wildman–Crippen LogP) is 1.55. The number of piperidine rings is 1. The second-order valence-electron chi connectivity index (χ2n) is 4.42. The highest BCUT2D eigenvalue weighted by Gasteiger charge is 2.13. The summed E-state index contributed by atoms with van der Waals surface area (Å²) in [5.41, 5.74) is 0.942. The Bertz CT molecular complexity index is 328. The molecule has 17 heavy (non-hydrogen) atoms. The fourth-order valence-electron chi connectivity index (χ4n) is 2.01. The molecule has 1 N–H and O–H groups in total. The summed E-state index contributed by atoms with van der Waals surface area (Å²) in [6, 6.07) is 1.82. The van der Waals surface area contributed by atoms with Crippen LogP contribution in [-0.2, 0) is 16.0 Å². The molecule has 0 aromatic carbocycles. The highest BCUT2D eigenvalue weighted by Crippen LogP contribution is 2.08. The number of carbonyl (C=O) groups is 1. The first-order valence-electron chi connectivity index (χ1n) is 6.19. The van der Waals surface area contributed by atoms with E-state index in [0.29, 0.717) is 25.6 Å². The van der Waals surface area contributed by atoms with E-state index in [0.717, 1.165) is 31.5 Å². The van der Waals surface area contributed by atoms with Crippen molar-refractivity contribution in [1.82, 2.24) is 5.32 Å². The highest BCUT2D eigenvalue weighted by molar-refractivity contribution is 5.80. The van der Waals surface area contributed by atoms with E-state index < -0.39 is 0 Å². The third kappa shape index (κ3) is 4.32. The van der Waals surface area contributed by atoms with Crippen LogP contribution in [0.1, 0.15) is 24.8 Å². The maximum absolute atomic E-state index is 11.6. The lowest BCUT2D eigenvalue weighted by Gasteiger charge is -2.22. The average Bonchev–Trinajstić information content (AvgIpc) is 2.83. The second kappa shape index (κ2) is 6.57. The van der Waals surface area contributed by atoms with Crippen LogP contribution in [0.25, 0.3) is 0 Å². The van der Waals surface area contributed by atoms with Gasteiger partial charge in [-0.25, -0.2) is 0 Å². The first kappa shape index (κ1) is 12.3. The van der Waals surface area contributed by atoms with Crippen LogP contribution in [0.5, 0.6) is 0 Å². The van der Waals surface area contributed by atoms with Gasteiger partial charge in [0, 0.05) is 12.8 Å². The standard InChI is InChI=1S/C13H19NO3/c15-12(9-11-3-7-16-10-11)4-8-17-13-1-5-14-6-2-13/h3,7,10,13-14H,1-2,4-6,8-9H2. The summed E-state index contributed by atoms with van der Waals surface area (Å²) in [6.45, 7) is 2.59. The number of ether oxygens (including phenoxy) is 1. The lowest BCUT2D eigenvalue weighted by Crippen LogP contribution is -2.32. The number of nitrogens with one attached hydrogen (secondary N) is 1. The Morgan fingerprint density at radius 1 is 1.47 bits per heavy atom. The topological polar surface area (TPSA) is 51.5 Å². The van der Waals surface area contributed by atoms with E-state index in [1.807, 2.05) is 6.07 Å². The highest BCUT2D eigenvalue weighted by atomic mass is 16.5. The first-order valence-corrected chi connectivity index (χ1v) is 6.19. The molecule has 0 bridgehead atoms. The SMILES string of the molecule is O=C(CCOC1CCNCC1)Cc1ccoc1. The molecule has 0 radical (unpaired) electrons. The van der Waals surface area contributed by atoms with Crippen LogP contribution < -0.4 is 5.32 Å². The van der Waals surface area contributed by atoms with Crippen LogP contribution in [0.15, 0.2) is 23.0 Å². The molecule has 94 valence electrons. The van der Waals surface area contributed by atoms with Gasteiger partial charge >= 0.3 is 0 Å². The number of rotatable bonds is 6. The van der Waals surface area contributed by atoms with Crippen LogP contribution in [-0.4, -0.2) is 31.6 Å². The Balaban J connectivity index is 1.59. The molecular weight excluding hydrogens is 218 g/mol. The number of furan rings is 1. The van der Waals surface area contributed by atoms with Gasteiger partial charge in [-0.2, -0.15) is 0 Å². The summed E-state index contributed by atoms with van der Waals surface area (Å²) in [7, 11) is 0. The van der Waals surface area contributed by atoms with Gasteiger partial charge in [0.25, 0.3) is 0 Å². The van der Waals surface area contributed by atoms with Gasteiger partial charge in [-0.3, -0.25) is 4.79 Å². The van der Waals surface area contributed by atoms with Gasteiger partial charge in [-0.15, -0.1) is 0 Å². The summed E-state index contributed by atoms with van der Waals surface area (Å²) in [5.74, 6) is 0.209. The number of hydrogen-bond donors (Lipinski definition) is 1. The second-order valence-corrected chi connectivity index (χ2v) is 4.42. The molecule has 1 aromatic rings. The van der Waals surface area contributed by atoms with Crippen LogP contribution in [0.3, 0.4) is 0 Å². The third-order valence-electron chi connectivity index (χ3n) is 3.00. The number of ketones is 1. The lowest BCUT2D eigenvalue weighted by atomic mass is 10.1. The van der Waals surface area contributed by atoms with Gasteiger partial charge in [-0.05, 0) is 37.6 Å². The van der Waals surface area contributed by atoms with Gasteiger partial charge in [0.1, 0.15) is 5.78 Å². The molecule has 0 amide bonds. The number of Topliss-reactive ketones (excluding diaryl/α,β-unsaturated/α-hetero) is 1. The maximum Gasteiger partial charge on any atom is 0.139 e. The summed E-state index contributed by atoms with van der Waals surface area (Å²) < 4.78 is 10.6. The monoisotopic (exact) mass is 237 g/mol. The molecule has 1 aliphatic rings. The van der Waals surface area contributed by atoms with Crippen molar-refractivity contribution in [2.24, 2.45) is 0 Å². The van der Waals surface area contributed by atoms with Crippen LogP contribution in [0.4, 0.5) is 0 Å². The lowest BCUT2D eigenvalue weighted by molar-refractivity contribution is -0.120. The molecule has 1 saturated heterocycles. The Hall–Kier alpha value is -1.13. The minimum atomic E-state index is 0.209. The normalized spacial score (nSPS) is 17.2. The molecule has 0 unspecified atom stereocenters. The van der Waals surface area contributed by atoms with Gasteiger partial charge in [0.05, 0.1) is 25.2 Å². The molecule has 4 nitrogen and oxygen atoms in total. The zero-order chi connectivity index (χ0) is 11.9. The van der Waals surface area contributed by atoms with E-state index in [9.17, 15) is 4.79 Å². The summed E-state index contributed by atoms with van der Waals surface area (Å²) >= 11 is 0. The van der Waals surface area contributed by atoms with E-state index in [4.69, 9.17) is 9.15 Å². The zero-order valence-corrected chi connectivity index (χ0v) is 9.98. The van der Waals surface area contributed by atoms with E-state index in [2.05, 4.69) is 5.32 Å². The minimum absolute atomic E-state index is 0.209. The molecule has 2 rings (SSSR count). The van der Waals surface area contributed by atoms with Crippen molar-refractivity contribution in [3.8, 4) is 0 Å². The van der Waals surface area contributed by atoms with Crippen molar-refractivity contribution in [1.29, 1.82) is 0 Å². The molecule has 2 heterocycles. The molecule has 0 atom stereocenters. The van der Waals surface area contributed by atoms with Crippen LogP contribution in [0, 0.1) is 0 Å². The fourth-order valence-corrected chi connectivity index (χ4v) is 2.01. The zero-order valence-electron chi connectivity index (χ0n) is 9.98. The van der Waals surface area contributed by atoms with E-state index in [1.54, 1.807) is 12.5 Å². The predicted molar refractivity (Wildman–Crippen MR) is 63.9 cm³/mol. The number of carbonyl (C=O) groups excluding carboxylic acids is 1. The molecule has 1 fully saturated rings. The quantitative estimate of drug-likeness (QED) is 0.815. The molecule has 4 heteroatoms. The van der Waals surface area contributed by atoms with Crippen molar-refractivity contribution in [2.75, 3.05) is 19.7 Å². The Labute approximate surface area is 101 Å². The molecule has 0 saturated carbocycles. The van der Waals surface area contributed by atoms with Crippen LogP contribution >= 0.6 is 0 Å². The molecule has 1 aliphatic heterocycles. The maximum atomic E-state index is 11.6. The van der Waals surface area contributed by atoms with Crippen molar-refractivity contribution in [3.05, 3.63) is 24.2 Å². The summed E-state index contributed by atoms with van der Waals surface area (Å²) in [5, 5.41) is 3.29. The smallest absolute Gasteiger partial charge is 0.139 e. The van der Waals surface area contributed by atoms with Gasteiger partial charge in [-0.1, -0.05) is 0 Å². The van der Waals surface area contributed by atoms with Gasteiger partial charge in [0.15, 0.2) is 0 Å². The summed E-state index contributed by atoms with van der Waals surface area (Å²) in [4.78, 5) is 11.6. The Morgan fingerprint density at radius 3 is 3.00 bits per heavy atom. The van der Waals surface area contributed by atoms with Crippen molar-refractivity contribution < 1.29 is 13.9 Å². The van der Waals surface area contributed by atoms with Gasteiger partial charge in [0.2, 0.25) is 0 Å². The largest absolute Gasteiger partial charge is 0.472 e. The molecule has 0 aliphatic carbocycles.